The van der Waals surface area contributed by atoms with Gasteiger partial charge in [0.25, 0.3) is 0 Å². The molecule has 0 radical (unpaired) electrons. The number of carbonyl (C=O) groups excluding carboxylic acids is 1. The molecule has 6 heteroatoms. The van der Waals surface area contributed by atoms with Crippen molar-refractivity contribution in [2.24, 2.45) is 5.92 Å². The monoisotopic (exact) mass is 278 g/mol. The Hall–Kier alpha value is -1.56. The molecule has 1 amide bonds. The van der Waals surface area contributed by atoms with Crippen LogP contribution in [0.15, 0.2) is 12.3 Å². The molecule has 0 saturated carbocycles. The predicted molar refractivity (Wildman–Crippen MR) is 75.0 cm³/mol. The lowest BCUT2D eigenvalue weighted by Gasteiger charge is -2.34. The summed E-state index contributed by atoms with van der Waals surface area (Å²) in [6.45, 7) is 4.30. The number of nitrogens with two attached hydrogens (primary N) is 1. The predicted octanol–water partition coefficient (Wildman–Crippen LogP) is 1.05. The summed E-state index contributed by atoms with van der Waals surface area (Å²) >= 11 is 0. The highest BCUT2D eigenvalue weighted by Gasteiger charge is 2.35. The van der Waals surface area contributed by atoms with E-state index < -0.39 is 0 Å². The molecule has 20 heavy (non-hydrogen) atoms. The van der Waals surface area contributed by atoms with E-state index >= 15 is 0 Å². The van der Waals surface area contributed by atoms with E-state index in [0.29, 0.717) is 18.5 Å². The van der Waals surface area contributed by atoms with Gasteiger partial charge in [0.1, 0.15) is 5.82 Å². The first-order valence-electron chi connectivity index (χ1n) is 7.36. The molecular weight excluding hydrogens is 256 g/mol. The minimum Gasteiger partial charge on any atom is -0.382 e. The molecule has 2 fully saturated rings. The van der Waals surface area contributed by atoms with Crippen LogP contribution >= 0.6 is 0 Å². The second kappa shape index (κ2) is 5.44. The topological polar surface area (TPSA) is 73.4 Å². The first-order chi connectivity index (χ1) is 9.65. The number of anilines is 1. The Morgan fingerprint density at radius 3 is 2.70 bits per heavy atom. The minimum atomic E-state index is 0.0481. The zero-order chi connectivity index (χ0) is 14.1. The van der Waals surface area contributed by atoms with Crippen LogP contribution in [0.25, 0.3) is 0 Å². The SMILES string of the molecule is CC1OCCC1C(=O)N1CCC(n2ccc(N)n2)CC1. The Labute approximate surface area is 118 Å². The molecule has 2 unspecified atom stereocenters. The molecule has 0 bridgehead atoms. The van der Waals surface area contributed by atoms with Crippen molar-refractivity contribution in [2.75, 3.05) is 25.4 Å². The Kier molecular flexibility index (Phi) is 3.65. The number of hydrogen-bond donors (Lipinski definition) is 1. The Bertz CT molecular complexity index is 479. The van der Waals surface area contributed by atoms with Crippen LogP contribution in [0.5, 0.6) is 0 Å². The van der Waals surface area contributed by atoms with Crippen molar-refractivity contribution < 1.29 is 9.53 Å². The lowest BCUT2D eigenvalue weighted by Crippen LogP contribution is -2.43. The van der Waals surface area contributed by atoms with E-state index in [9.17, 15) is 4.79 Å². The van der Waals surface area contributed by atoms with E-state index in [1.807, 2.05) is 28.8 Å². The van der Waals surface area contributed by atoms with Crippen molar-refractivity contribution >= 4 is 11.7 Å². The van der Waals surface area contributed by atoms with Crippen LogP contribution in [-0.4, -0.2) is 46.4 Å². The molecule has 3 rings (SSSR count). The van der Waals surface area contributed by atoms with Gasteiger partial charge in [-0.05, 0) is 32.3 Å². The third-order valence-electron chi connectivity index (χ3n) is 4.47. The summed E-state index contributed by atoms with van der Waals surface area (Å²) in [5.74, 6) is 0.862. The third-order valence-corrected chi connectivity index (χ3v) is 4.47. The molecule has 1 aromatic rings. The summed E-state index contributed by atoms with van der Waals surface area (Å²) in [5, 5.41) is 4.26. The Morgan fingerprint density at radius 1 is 1.40 bits per heavy atom. The summed E-state index contributed by atoms with van der Waals surface area (Å²) in [4.78, 5) is 14.4. The Morgan fingerprint density at radius 2 is 2.15 bits per heavy atom. The van der Waals surface area contributed by atoms with Crippen molar-refractivity contribution in [1.82, 2.24) is 14.7 Å². The van der Waals surface area contributed by atoms with Gasteiger partial charge in [0, 0.05) is 25.9 Å². The van der Waals surface area contributed by atoms with Gasteiger partial charge >= 0.3 is 0 Å². The summed E-state index contributed by atoms with van der Waals surface area (Å²) < 4.78 is 7.42. The Balaban J connectivity index is 1.57. The van der Waals surface area contributed by atoms with E-state index in [0.717, 1.165) is 32.4 Å². The fraction of sp³-hybridized carbons (Fsp3) is 0.714. The minimum absolute atomic E-state index is 0.0481. The van der Waals surface area contributed by atoms with Crippen LogP contribution in [0.4, 0.5) is 5.82 Å². The number of rotatable bonds is 2. The van der Waals surface area contributed by atoms with Crippen molar-refractivity contribution in [2.45, 2.75) is 38.3 Å². The maximum atomic E-state index is 12.5. The molecule has 2 aliphatic heterocycles. The smallest absolute Gasteiger partial charge is 0.228 e. The van der Waals surface area contributed by atoms with Gasteiger partial charge in [-0.3, -0.25) is 9.48 Å². The number of ether oxygens (including phenoxy) is 1. The molecular formula is C14H22N4O2. The number of aromatic nitrogens is 2. The second-order valence-corrected chi connectivity index (χ2v) is 5.75. The first kappa shape index (κ1) is 13.4. The molecule has 2 aliphatic rings. The summed E-state index contributed by atoms with van der Waals surface area (Å²) in [6.07, 6.45) is 4.72. The molecule has 2 saturated heterocycles. The third kappa shape index (κ3) is 2.52. The first-order valence-corrected chi connectivity index (χ1v) is 7.36. The van der Waals surface area contributed by atoms with Crippen LogP contribution in [0.2, 0.25) is 0 Å². The highest BCUT2D eigenvalue weighted by Crippen LogP contribution is 2.27. The fourth-order valence-electron chi connectivity index (χ4n) is 3.20. The van der Waals surface area contributed by atoms with Gasteiger partial charge in [0.15, 0.2) is 0 Å². The normalized spacial score (nSPS) is 27.9. The maximum absolute atomic E-state index is 12.5. The van der Waals surface area contributed by atoms with Crippen molar-refractivity contribution in [3.8, 4) is 0 Å². The number of carbonyl (C=O) groups is 1. The van der Waals surface area contributed by atoms with Crippen LogP contribution < -0.4 is 5.73 Å². The number of nitrogens with zero attached hydrogens (tertiary/aromatic N) is 3. The van der Waals surface area contributed by atoms with E-state index in [1.54, 1.807) is 0 Å². The lowest BCUT2D eigenvalue weighted by atomic mass is 9.98. The largest absolute Gasteiger partial charge is 0.382 e. The molecule has 1 aromatic heterocycles. The van der Waals surface area contributed by atoms with Crippen molar-refractivity contribution in [1.29, 1.82) is 0 Å². The number of amides is 1. The van der Waals surface area contributed by atoms with Gasteiger partial charge in [-0.15, -0.1) is 0 Å². The molecule has 0 aliphatic carbocycles. The standard InChI is InChI=1S/C14H22N4O2/c1-10-12(5-9-20-10)14(19)17-6-2-11(3-7-17)18-8-4-13(15)16-18/h4,8,10-12H,2-3,5-7,9H2,1H3,(H2,15,16). The highest BCUT2D eigenvalue weighted by atomic mass is 16.5. The van der Waals surface area contributed by atoms with Crippen LogP contribution in [0, 0.1) is 5.92 Å². The van der Waals surface area contributed by atoms with E-state index in [1.165, 1.54) is 0 Å². The van der Waals surface area contributed by atoms with E-state index in [4.69, 9.17) is 10.5 Å². The molecule has 110 valence electrons. The fourth-order valence-corrected chi connectivity index (χ4v) is 3.20. The number of nitrogen functional groups attached to an aromatic ring is 1. The molecule has 0 spiro atoms. The van der Waals surface area contributed by atoms with Crippen molar-refractivity contribution in [3.05, 3.63) is 12.3 Å². The zero-order valence-electron chi connectivity index (χ0n) is 11.9. The van der Waals surface area contributed by atoms with E-state index in [2.05, 4.69) is 5.10 Å². The maximum Gasteiger partial charge on any atom is 0.228 e. The summed E-state index contributed by atoms with van der Waals surface area (Å²) in [5.41, 5.74) is 5.65. The van der Waals surface area contributed by atoms with E-state index in [-0.39, 0.29) is 17.9 Å². The summed E-state index contributed by atoms with van der Waals surface area (Å²) in [6, 6.07) is 2.17. The zero-order valence-corrected chi connectivity index (χ0v) is 11.9. The van der Waals surface area contributed by atoms with Gasteiger partial charge in [0.05, 0.1) is 18.1 Å². The molecule has 6 nitrogen and oxygen atoms in total. The van der Waals surface area contributed by atoms with Gasteiger partial charge < -0.3 is 15.4 Å². The number of hydrogen-bond acceptors (Lipinski definition) is 4. The van der Waals surface area contributed by atoms with Gasteiger partial charge in [-0.2, -0.15) is 5.10 Å². The highest BCUT2D eigenvalue weighted by molar-refractivity contribution is 5.79. The molecule has 3 heterocycles. The van der Waals surface area contributed by atoms with Gasteiger partial charge in [-0.1, -0.05) is 0 Å². The van der Waals surface area contributed by atoms with Gasteiger partial charge in [-0.25, -0.2) is 0 Å². The molecule has 0 aromatic carbocycles. The van der Waals surface area contributed by atoms with Gasteiger partial charge in [0.2, 0.25) is 5.91 Å². The number of piperidine rings is 1. The number of likely N-dealkylation sites (tertiary alicyclic amines) is 1. The van der Waals surface area contributed by atoms with Crippen molar-refractivity contribution in [3.63, 3.8) is 0 Å². The van der Waals surface area contributed by atoms with Crippen LogP contribution in [0.3, 0.4) is 0 Å². The lowest BCUT2D eigenvalue weighted by molar-refractivity contribution is -0.138. The quantitative estimate of drug-likeness (QED) is 0.877. The average Bonchev–Trinajstić information content (AvgIpc) is 3.07. The summed E-state index contributed by atoms with van der Waals surface area (Å²) in [7, 11) is 0. The van der Waals surface area contributed by atoms with Crippen LogP contribution in [-0.2, 0) is 9.53 Å². The average molecular weight is 278 g/mol. The van der Waals surface area contributed by atoms with Crippen LogP contribution in [0.1, 0.15) is 32.2 Å². The molecule has 2 N–H and O–H groups in total. The second-order valence-electron chi connectivity index (χ2n) is 5.75. The molecule has 2 atom stereocenters.